The van der Waals surface area contributed by atoms with Crippen LogP contribution in [0.2, 0.25) is 0 Å². The molecule has 12 rings (SSSR count). The summed E-state index contributed by atoms with van der Waals surface area (Å²) in [5, 5.41) is 0. The van der Waals surface area contributed by atoms with Gasteiger partial charge in [-0.2, -0.15) is 0 Å². The van der Waals surface area contributed by atoms with Crippen LogP contribution in [0, 0.1) is 122 Å². The van der Waals surface area contributed by atoms with E-state index in [2.05, 4.69) is 83.1 Å². The molecule has 0 nitrogen and oxygen atoms in total. The summed E-state index contributed by atoms with van der Waals surface area (Å²) in [4.78, 5) is 0. The van der Waals surface area contributed by atoms with Gasteiger partial charge in [0, 0.05) is 0 Å². The third kappa shape index (κ3) is 7.65. The molecule has 10 bridgehead atoms. The van der Waals surface area contributed by atoms with Crippen molar-refractivity contribution in [3.05, 3.63) is 0 Å². The summed E-state index contributed by atoms with van der Waals surface area (Å²) < 4.78 is 0. The predicted molar refractivity (Wildman–Crippen MR) is 233 cm³/mol. The summed E-state index contributed by atoms with van der Waals surface area (Å²) in [7, 11) is 0. The molecule has 310 valence electrons. The van der Waals surface area contributed by atoms with Crippen LogP contribution in [0.25, 0.3) is 0 Å². The van der Waals surface area contributed by atoms with E-state index in [9.17, 15) is 0 Å². The first-order valence-corrected chi connectivity index (χ1v) is 25.2. The van der Waals surface area contributed by atoms with Crippen molar-refractivity contribution >= 4 is 0 Å². The minimum atomic E-state index is 0.559. The number of fused-ring (bicyclic) bond motifs is 14. The molecule has 12 unspecified atom stereocenters. The van der Waals surface area contributed by atoms with Crippen molar-refractivity contribution in [1.82, 2.24) is 0 Å². The zero-order valence-electron chi connectivity index (χ0n) is 38.6. The van der Waals surface area contributed by atoms with Gasteiger partial charge in [0.25, 0.3) is 0 Å². The quantitative estimate of drug-likeness (QED) is 0.217. The Morgan fingerprint density at radius 1 is 0.352 bits per heavy atom. The second-order valence-corrected chi connectivity index (χ2v) is 27.6. The fourth-order valence-electron chi connectivity index (χ4n) is 18.6. The van der Waals surface area contributed by atoms with Crippen molar-refractivity contribution in [3.63, 3.8) is 0 Å². The van der Waals surface area contributed by atoms with E-state index in [0.717, 1.165) is 76.4 Å². The Kier molecular flexibility index (Phi) is 11.0. The molecule has 0 aromatic heterocycles. The molecule has 0 saturated heterocycles. The Hall–Kier alpha value is 0. The van der Waals surface area contributed by atoms with Crippen molar-refractivity contribution in [2.75, 3.05) is 0 Å². The first-order valence-electron chi connectivity index (χ1n) is 25.2. The van der Waals surface area contributed by atoms with Gasteiger partial charge in [-0.25, -0.2) is 0 Å². The summed E-state index contributed by atoms with van der Waals surface area (Å²) in [5.41, 5.74) is 3.02. The predicted octanol–water partition coefficient (Wildman–Crippen LogP) is 16.3. The van der Waals surface area contributed by atoms with Gasteiger partial charge in [0.2, 0.25) is 0 Å². The summed E-state index contributed by atoms with van der Waals surface area (Å²) in [6.07, 6.45) is 32.6. The standard InChI is InChI=1S/C16H26.2C14H24.C10H20/c1-16(2,3)13-8-11-7-12(13)15-10-5-4-9(6-10)14(11)15;1-13(2,3)14-7-10-4-11(8-14)6-12(5-10)9-14;1-14(2,3)13-8-9-7-12(13)11-6-4-5-10(9)11;1-10(2,3)9-7-5-4-6-8-9/h9-15H,4-8H2,1-3H3;10-12H,4-9H2,1-3H3;9-13H,4-8H2,1-3H3;9H,4-8H2,1-3H3. The monoisotopic (exact) mass is 743 g/mol. The van der Waals surface area contributed by atoms with Crippen LogP contribution in [-0.2, 0) is 0 Å². The third-order valence-electron chi connectivity index (χ3n) is 20.8. The van der Waals surface area contributed by atoms with Crippen LogP contribution in [0.5, 0.6) is 0 Å². The van der Waals surface area contributed by atoms with Crippen molar-refractivity contribution < 1.29 is 0 Å². The number of rotatable bonds is 0. The highest BCUT2D eigenvalue weighted by molar-refractivity contribution is 5.12. The maximum absolute atomic E-state index is 2.49. The maximum Gasteiger partial charge on any atom is -0.0241 e. The molecule has 0 aromatic carbocycles. The zero-order chi connectivity index (χ0) is 38.6. The van der Waals surface area contributed by atoms with Crippen molar-refractivity contribution in [1.29, 1.82) is 0 Å². The van der Waals surface area contributed by atoms with Gasteiger partial charge < -0.3 is 0 Å². The van der Waals surface area contributed by atoms with Gasteiger partial charge in [-0.1, -0.05) is 109 Å². The second-order valence-electron chi connectivity index (χ2n) is 27.6. The Balaban J connectivity index is 0.000000104. The van der Waals surface area contributed by atoms with Crippen LogP contribution in [-0.4, -0.2) is 0 Å². The Bertz CT molecular complexity index is 1230. The van der Waals surface area contributed by atoms with Gasteiger partial charge in [0.05, 0.1) is 0 Å². The molecule has 0 amide bonds. The number of hydrogen-bond acceptors (Lipinski definition) is 0. The molecule has 0 N–H and O–H groups in total. The summed E-state index contributed by atoms with van der Waals surface area (Å²) in [6.45, 7) is 29.4. The van der Waals surface area contributed by atoms with E-state index < -0.39 is 0 Å². The fraction of sp³-hybridized carbons (Fsp3) is 1.00. The maximum atomic E-state index is 2.49. The molecule has 12 saturated carbocycles. The van der Waals surface area contributed by atoms with E-state index in [4.69, 9.17) is 0 Å². The molecule has 0 aromatic rings. The van der Waals surface area contributed by atoms with Gasteiger partial charge in [0.15, 0.2) is 0 Å². The normalized spacial score (nSPS) is 48.1. The van der Waals surface area contributed by atoms with E-state index >= 15 is 0 Å². The zero-order valence-corrected chi connectivity index (χ0v) is 38.6. The molecule has 0 aliphatic heterocycles. The molecular formula is C54H94. The molecular weight excluding hydrogens is 649 g/mol. The highest BCUT2D eigenvalue weighted by Gasteiger charge is 2.63. The van der Waals surface area contributed by atoms with Gasteiger partial charge >= 0.3 is 0 Å². The molecule has 12 aliphatic carbocycles. The first kappa shape index (κ1) is 40.8. The second kappa shape index (κ2) is 14.6. The van der Waals surface area contributed by atoms with Crippen molar-refractivity contribution in [2.45, 2.75) is 218 Å². The van der Waals surface area contributed by atoms with Crippen LogP contribution in [0.3, 0.4) is 0 Å². The minimum Gasteiger partial charge on any atom is -0.0599 e. The lowest BCUT2D eigenvalue weighted by molar-refractivity contribution is -0.113. The van der Waals surface area contributed by atoms with Crippen LogP contribution in [0.1, 0.15) is 218 Å². The molecule has 12 atom stereocenters. The summed E-state index contributed by atoms with van der Waals surface area (Å²) in [5.74, 6) is 18.0. The molecule has 0 heteroatoms. The average Bonchev–Trinajstić information content (AvgIpc) is 3.92. The summed E-state index contributed by atoms with van der Waals surface area (Å²) >= 11 is 0. The molecule has 0 spiro atoms. The van der Waals surface area contributed by atoms with E-state index in [0.29, 0.717) is 21.7 Å². The lowest BCUT2D eigenvalue weighted by Gasteiger charge is -2.62. The largest absolute Gasteiger partial charge is 0.0599 e. The van der Waals surface area contributed by atoms with Gasteiger partial charge in [-0.05, 0) is 231 Å². The topological polar surface area (TPSA) is 0 Å². The van der Waals surface area contributed by atoms with Crippen LogP contribution < -0.4 is 0 Å². The van der Waals surface area contributed by atoms with Crippen molar-refractivity contribution in [3.8, 4) is 0 Å². The minimum absolute atomic E-state index is 0.559. The van der Waals surface area contributed by atoms with E-state index in [-0.39, 0.29) is 0 Å². The Morgan fingerprint density at radius 2 is 0.852 bits per heavy atom. The SMILES string of the molecule is CC(C)(C)C12CC3CC(CC(C3)C1)C2.CC(C)(C)C1CC2CC1C1C3CCC(C3)C21.CC(C)(C)C1CC2CC1C1CCCC21.CC(C)(C)C1CCCCC1. The van der Waals surface area contributed by atoms with Crippen molar-refractivity contribution in [2.24, 2.45) is 122 Å². The van der Waals surface area contributed by atoms with Crippen LogP contribution >= 0.6 is 0 Å². The fourth-order valence-corrected chi connectivity index (χ4v) is 18.6. The smallest absolute Gasteiger partial charge is 0.0241 e. The van der Waals surface area contributed by atoms with E-state index in [1.54, 1.807) is 103 Å². The Labute approximate surface area is 338 Å². The molecule has 54 heavy (non-hydrogen) atoms. The van der Waals surface area contributed by atoms with E-state index in [1.807, 2.05) is 0 Å². The summed E-state index contributed by atoms with van der Waals surface area (Å²) in [6, 6.07) is 0. The molecule has 0 heterocycles. The van der Waals surface area contributed by atoms with E-state index in [1.165, 1.54) is 55.8 Å². The molecule has 12 aliphatic rings. The van der Waals surface area contributed by atoms with Gasteiger partial charge in [-0.15, -0.1) is 0 Å². The highest BCUT2D eigenvalue weighted by Crippen LogP contribution is 2.71. The lowest BCUT2D eigenvalue weighted by atomic mass is 9.43. The average molecular weight is 743 g/mol. The lowest BCUT2D eigenvalue weighted by Crippen LogP contribution is -2.51. The Morgan fingerprint density at radius 3 is 1.37 bits per heavy atom. The molecule has 12 fully saturated rings. The molecule has 0 radical (unpaired) electrons. The first-order chi connectivity index (χ1) is 25.2. The third-order valence-corrected chi connectivity index (χ3v) is 20.8. The van der Waals surface area contributed by atoms with Crippen LogP contribution in [0.4, 0.5) is 0 Å². The highest BCUT2D eigenvalue weighted by atomic mass is 14.7. The van der Waals surface area contributed by atoms with Crippen LogP contribution in [0.15, 0.2) is 0 Å². The van der Waals surface area contributed by atoms with Gasteiger partial charge in [-0.3, -0.25) is 0 Å². The number of hydrogen-bond donors (Lipinski definition) is 0. The van der Waals surface area contributed by atoms with Gasteiger partial charge in [0.1, 0.15) is 0 Å².